The number of halogens is 3. The van der Waals surface area contributed by atoms with Crippen LogP contribution in [0.5, 0.6) is 0 Å². The first-order valence-corrected chi connectivity index (χ1v) is 15.6. The van der Waals surface area contributed by atoms with E-state index in [-0.39, 0.29) is 47.2 Å². The fraction of sp³-hybridized carbons (Fsp3) is 0.606. The molecular weight excluding hydrogens is 677 g/mol. The van der Waals surface area contributed by atoms with Gasteiger partial charge in [-0.1, -0.05) is 19.7 Å². The molecule has 50 heavy (non-hydrogen) atoms. The van der Waals surface area contributed by atoms with Crippen LogP contribution in [0.3, 0.4) is 0 Å². The first-order valence-electron chi connectivity index (χ1n) is 15.6. The van der Waals surface area contributed by atoms with Crippen LogP contribution in [0, 0.1) is 17.8 Å². The molecule has 17 heteroatoms. The first kappa shape index (κ1) is 41.5. The summed E-state index contributed by atoms with van der Waals surface area (Å²) in [5, 5.41) is 0. The van der Waals surface area contributed by atoms with Gasteiger partial charge in [0.1, 0.15) is 31.8 Å². The van der Waals surface area contributed by atoms with Gasteiger partial charge in [0.2, 0.25) is 6.10 Å². The maximum Gasteiger partial charge on any atom is 0.399 e. The maximum absolute atomic E-state index is 11.9. The van der Waals surface area contributed by atoms with Gasteiger partial charge >= 0.3 is 48.0 Å². The average molecular weight is 719 g/mol. The maximum atomic E-state index is 11.9. The Morgan fingerprint density at radius 2 is 1.36 bits per heavy atom. The van der Waals surface area contributed by atoms with Crippen molar-refractivity contribution >= 4 is 41.8 Å². The van der Waals surface area contributed by atoms with Crippen molar-refractivity contribution < 1.29 is 79.9 Å². The van der Waals surface area contributed by atoms with Crippen LogP contribution in [0.15, 0.2) is 36.5 Å². The quantitative estimate of drug-likeness (QED) is 0.131. The number of alkyl halides is 3. The predicted octanol–water partition coefficient (Wildman–Crippen LogP) is 3.40. The summed E-state index contributed by atoms with van der Waals surface area (Å²) in [4.78, 5) is 78.1. The molecule has 5 fully saturated rings. The predicted molar refractivity (Wildman–Crippen MR) is 162 cm³/mol. The minimum absolute atomic E-state index is 0.0568. The number of hydrogen-bond donors (Lipinski definition) is 0. The summed E-state index contributed by atoms with van der Waals surface area (Å²) >= 11 is 0. The van der Waals surface area contributed by atoms with Crippen molar-refractivity contribution in [1.82, 2.24) is 0 Å². The summed E-state index contributed by atoms with van der Waals surface area (Å²) in [5.74, 6) is -3.91. The minimum atomic E-state index is -4.59. The van der Waals surface area contributed by atoms with Crippen molar-refractivity contribution in [1.29, 1.82) is 0 Å². The van der Waals surface area contributed by atoms with Crippen molar-refractivity contribution in [2.45, 2.75) is 83.8 Å². The van der Waals surface area contributed by atoms with E-state index in [1.165, 1.54) is 20.8 Å². The van der Waals surface area contributed by atoms with Gasteiger partial charge in [0.05, 0.1) is 12.5 Å². The zero-order valence-corrected chi connectivity index (χ0v) is 28.0. The second-order valence-electron chi connectivity index (χ2n) is 12.1. The zero-order valence-electron chi connectivity index (χ0n) is 28.0. The monoisotopic (exact) mass is 718 g/mol. The number of carbonyl (C=O) groups excluding carboxylic acids is 7. The van der Waals surface area contributed by atoms with Crippen molar-refractivity contribution in [2.24, 2.45) is 17.8 Å². The Labute approximate surface area is 286 Å². The molecule has 2 saturated carbocycles. The van der Waals surface area contributed by atoms with Crippen LogP contribution in [-0.4, -0.2) is 92.7 Å². The Morgan fingerprint density at radius 3 is 1.92 bits per heavy atom. The molecule has 0 N–H and O–H groups in total. The highest BCUT2D eigenvalue weighted by Crippen LogP contribution is 2.48. The van der Waals surface area contributed by atoms with E-state index in [4.69, 9.17) is 18.9 Å². The van der Waals surface area contributed by atoms with Crippen molar-refractivity contribution in [2.75, 3.05) is 26.4 Å². The van der Waals surface area contributed by atoms with Crippen LogP contribution < -0.4 is 0 Å². The van der Waals surface area contributed by atoms with Crippen molar-refractivity contribution in [3.8, 4) is 0 Å². The molecule has 0 spiro atoms. The zero-order chi connectivity index (χ0) is 37.8. The topological polar surface area (TPSA) is 184 Å². The van der Waals surface area contributed by atoms with Crippen LogP contribution >= 0.6 is 0 Å². The Morgan fingerprint density at radius 1 is 0.760 bits per heavy atom. The highest BCUT2D eigenvalue weighted by atomic mass is 19.4. The van der Waals surface area contributed by atoms with Gasteiger partial charge in [-0.3, -0.25) is 9.59 Å². The van der Waals surface area contributed by atoms with Crippen LogP contribution in [0.2, 0.25) is 0 Å². The molecule has 6 unspecified atom stereocenters. The van der Waals surface area contributed by atoms with Crippen LogP contribution in [0.4, 0.5) is 13.2 Å². The van der Waals surface area contributed by atoms with Gasteiger partial charge in [-0.25, -0.2) is 24.0 Å². The summed E-state index contributed by atoms with van der Waals surface area (Å²) in [6.45, 7) is 13.8. The van der Waals surface area contributed by atoms with Gasteiger partial charge in [0.15, 0.2) is 6.61 Å². The fourth-order valence-electron chi connectivity index (χ4n) is 5.31. The number of fused-ring (bicyclic) bond motifs is 1. The van der Waals surface area contributed by atoms with E-state index in [0.717, 1.165) is 25.7 Å². The lowest BCUT2D eigenvalue weighted by atomic mass is 9.67. The lowest BCUT2D eigenvalue weighted by Crippen LogP contribution is -2.45. The number of ether oxygens (including phenoxy) is 7. The Kier molecular flexibility index (Phi) is 15.7. The third kappa shape index (κ3) is 14.0. The molecule has 4 bridgehead atoms. The van der Waals surface area contributed by atoms with Gasteiger partial charge < -0.3 is 33.2 Å². The van der Waals surface area contributed by atoms with Crippen LogP contribution in [0.25, 0.3) is 0 Å². The first-order chi connectivity index (χ1) is 23.3. The van der Waals surface area contributed by atoms with E-state index in [1.807, 2.05) is 0 Å². The molecule has 6 atom stereocenters. The van der Waals surface area contributed by atoms with Gasteiger partial charge in [-0.15, -0.1) is 0 Å². The van der Waals surface area contributed by atoms with Gasteiger partial charge in [-0.05, 0) is 52.4 Å². The largest absolute Gasteiger partial charge is 0.463 e. The third-order valence-corrected chi connectivity index (χ3v) is 7.53. The second-order valence-corrected chi connectivity index (χ2v) is 12.1. The van der Waals surface area contributed by atoms with Crippen molar-refractivity contribution in [3.05, 3.63) is 36.5 Å². The Hall–Kier alpha value is -4.70. The summed E-state index contributed by atoms with van der Waals surface area (Å²) < 4.78 is 68.7. The number of carbonyl (C=O) groups is 7. The van der Waals surface area contributed by atoms with Crippen LogP contribution in [-0.2, 0) is 66.7 Å². The Bertz CT molecular complexity index is 1350. The van der Waals surface area contributed by atoms with Crippen LogP contribution in [0.1, 0.15) is 59.3 Å². The number of esters is 7. The highest BCUT2D eigenvalue weighted by molar-refractivity contribution is 5.90. The molecule has 3 aliphatic heterocycles. The smallest absolute Gasteiger partial charge is 0.399 e. The molecule has 14 nitrogen and oxygen atoms in total. The summed E-state index contributed by atoms with van der Waals surface area (Å²) in [6, 6.07) is 0. The highest BCUT2D eigenvalue weighted by Gasteiger charge is 2.51. The summed E-state index contributed by atoms with van der Waals surface area (Å²) in [6.07, 6.45) is -3.97. The van der Waals surface area contributed by atoms with Gasteiger partial charge in [-0.2, -0.15) is 13.2 Å². The SMILES string of the molecule is C=C(C)C(=O)OC1CCOC1=O.C=C(C)C(=O)OCC(=O)OC1C2CC3CC(C2)C(=O)OC1C3.C=C(C)C(=O)OCCOC(=O)CC(F)(F)F. The lowest BCUT2D eigenvalue weighted by molar-refractivity contribution is -0.177. The van der Waals surface area contributed by atoms with E-state index in [1.54, 1.807) is 0 Å². The summed E-state index contributed by atoms with van der Waals surface area (Å²) in [5.41, 5.74) is 0.671. The summed E-state index contributed by atoms with van der Waals surface area (Å²) in [7, 11) is 0. The molecule has 3 saturated heterocycles. The molecule has 0 aromatic rings. The molecule has 278 valence electrons. The van der Waals surface area contributed by atoms with E-state index in [2.05, 4.69) is 33.9 Å². The van der Waals surface area contributed by atoms with Gasteiger partial charge in [0.25, 0.3) is 0 Å². The molecular formula is C33H41F3O14. The number of hydrogen-bond acceptors (Lipinski definition) is 14. The fourth-order valence-corrected chi connectivity index (χ4v) is 5.31. The second kappa shape index (κ2) is 18.9. The Balaban J connectivity index is 0.000000274. The average Bonchev–Trinajstić information content (AvgIpc) is 3.34. The van der Waals surface area contributed by atoms with Gasteiger partial charge in [0, 0.05) is 29.1 Å². The third-order valence-electron chi connectivity index (χ3n) is 7.53. The molecule has 0 amide bonds. The molecule has 0 aromatic carbocycles. The van der Waals surface area contributed by atoms with Crippen molar-refractivity contribution in [3.63, 3.8) is 0 Å². The normalized spacial score (nSPS) is 24.3. The standard InChI is InChI=1S/C16H20O6.C9H11F3O4.C8H10O4/c1-8(2)15(18)20-7-13(17)22-14-10-3-9-4-11(6-10)16(19)21-12(14)5-9;1-6(2)8(14)16-4-3-15-7(13)5-9(10,11)12;1-5(2)7(9)12-6-3-4-11-8(6)10/h9-12,14H,1,3-7H2,2H3;1,3-5H2,2H3;6H,1,3-4H2,2H3. The molecule has 2 aliphatic carbocycles. The van der Waals surface area contributed by atoms with E-state index >= 15 is 0 Å². The van der Waals surface area contributed by atoms with E-state index in [9.17, 15) is 46.7 Å². The molecule has 5 aliphatic rings. The van der Waals surface area contributed by atoms with E-state index in [0.29, 0.717) is 18.9 Å². The number of rotatable bonds is 11. The number of cyclic esters (lactones) is 1. The minimum Gasteiger partial charge on any atom is -0.463 e. The van der Waals surface area contributed by atoms with E-state index < -0.39 is 73.8 Å². The molecule has 5 rings (SSSR count). The lowest BCUT2D eigenvalue weighted by Gasteiger charge is -2.41. The molecule has 3 heterocycles. The molecule has 0 radical (unpaired) electrons. The molecule has 0 aromatic heterocycles.